The molecule has 1 fully saturated rings. The molecule has 2 nitrogen and oxygen atoms in total. The van der Waals surface area contributed by atoms with Gasteiger partial charge in [0.2, 0.25) is 0 Å². The van der Waals surface area contributed by atoms with E-state index in [2.05, 4.69) is 121 Å². The number of likely N-dealkylation sites (tertiary alicyclic amines) is 1. The Labute approximate surface area is 191 Å². The van der Waals surface area contributed by atoms with Crippen LogP contribution in [0.1, 0.15) is 28.3 Å². The fraction of sp³-hybridized carbons (Fsp3) is 0.200. The number of hydrogen-bond acceptors (Lipinski definition) is 1. The first kappa shape index (κ1) is 20.7. The average Bonchev–Trinajstić information content (AvgIpc) is 2.84. The molecule has 160 valence electrons. The van der Waals surface area contributed by atoms with Gasteiger partial charge < -0.3 is 9.22 Å². The third-order valence-corrected chi connectivity index (χ3v) is 6.58. The fourth-order valence-electron chi connectivity index (χ4n) is 5.13. The second kappa shape index (κ2) is 9.52. The lowest BCUT2D eigenvalue weighted by Gasteiger charge is -2.54. The van der Waals surface area contributed by atoms with E-state index < -0.39 is 0 Å². The molecule has 5 rings (SSSR count). The van der Waals surface area contributed by atoms with Crippen molar-refractivity contribution in [1.29, 1.82) is 0 Å². The summed E-state index contributed by atoms with van der Waals surface area (Å²) in [5, 5.41) is 0. The summed E-state index contributed by atoms with van der Waals surface area (Å²) in [6.45, 7) is 3.70. The van der Waals surface area contributed by atoms with E-state index in [4.69, 9.17) is 4.74 Å². The van der Waals surface area contributed by atoms with Crippen LogP contribution < -0.4 is 0 Å². The van der Waals surface area contributed by atoms with Gasteiger partial charge in [-0.1, -0.05) is 121 Å². The molecule has 0 unspecified atom stereocenters. The second-order valence-corrected chi connectivity index (χ2v) is 8.87. The van der Waals surface area contributed by atoms with Crippen LogP contribution in [0.3, 0.4) is 0 Å². The van der Waals surface area contributed by atoms with Crippen LogP contribution in [-0.2, 0) is 17.9 Å². The van der Waals surface area contributed by atoms with E-state index in [0.29, 0.717) is 6.61 Å². The highest BCUT2D eigenvalue weighted by molar-refractivity contribution is 5.30. The number of ether oxygens (including phenoxy) is 1. The molecule has 32 heavy (non-hydrogen) atoms. The smallest absolute Gasteiger partial charge is 0.155 e. The second-order valence-electron chi connectivity index (χ2n) is 8.87. The van der Waals surface area contributed by atoms with Crippen molar-refractivity contribution in [3.05, 3.63) is 144 Å². The summed E-state index contributed by atoms with van der Waals surface area (Å²) < 4.78 is 7.35. The molecule has 2 heteroatoms. The highest BCUT2D eigenvalue weighted by atomic mass is 16.5. The lowest BCUT2D eigenvalue weighted by molar-refractivity contribution is -1.01. The van der Waals surface area contributed by atoms with E-state index in [1.54, 1.807) is 0 Å². The topological polar surface area (TPSA) is 9.23 Å². The van der Waals surface area contributed by atoms with E-state index in [1.807, 2.05) is 0 Å². The minimum absolute atomic E-state index is 0.272. The summed E-state index contributed by atoms with van der Waals surface area (Å²) in [5.41, 5.74) is 5.36. The maximum Gasteiger partial charge on any atom is 0.155 e. The first-order valence-corrected chi connectivity index (χ1v) is 11.5. The molecule has 4 aromatic carbocycles. The molecule has 0 radical (unpaired) electrons. The summed E-state index contributed by atoms with van der Waals surface area (Å²) in [6, 6.07) is 43.7. The molecule has 0 N–H and O–H groups in total. The summed E-state index contributed by atoms with van der Waals surface area (Å²) in [6.07, 6.45) is 0.272. The van der Waals surface area contributed by atoms with Gasteiger partial charge in [0, 0.05) is 16.7 Å². The van der Waals surface area contributed by atoms with Crippen molar-refractivity contribution in [2.45, 2.75) is 25.3 Å². The van der Waals surface area contributed by atoms with Crippen molar-refractivity contribution < 1.29 is 9.22 Å². The van der Waals surface area contributed by atoms with Crippen molar-refractivity contribution in [1.82, 2.24) is 0 Å². The number of rotatable bonds is 8. The van der Waals surface area contributed by atoms with Gasteiger partial charge in [-0.3, -0.25) is 0 Å². The third kappa shape index (κ3) is 4.52. The molecular formula is C30H30NO+. The van der Waals surface area contributed by atoms with Gasteiger partial charge in [-0.15, -0.1) is 0 Å². The molecule has 0 aliphatic carbocycles. The van der Waals surface area contributed by atoms with Gasteiger partial charge in [0.25, 0.3) is 0 Å². The van der Waals surface area contributed by atoms with Gasteiger partial charge >= 0.3 is 0 Å². The fourth-order valence-corrected chi connectivity index (χ4v) is 5.13. The molecule has 0 aromatic heterocycles. The summed E-state index contributed by atoms with van der Waals surface area (Å²) >= 11 is 0. The van der Waals surface area contributed by atoms with E-state index in [-0.39, 0.29) is 12.1 Å². The van der Waals surface area contributed by atoms with Crippen LogP contribution >= 0.6 is 0 Å². The van der Waals surface area contributed by atoms with Crippen LogP contribution in [0.4, 0.5) is 0 Å². The molecule has 1 aliphatic heterocycles. The van der Waals surface area contributed by atoms with Gasteiger partial charge in [0.1, 0.15) is 25.7 Å². The third-order valence-electron chi connectivity index (χ3n) is 6.58. The van der Waals surface area contributed by atoms with Crippen molar-refractivity contribution in [2.24, 2.45) is 0 Å². The standard InChI is InChI=1S/C30H30NO/c1-5-13-25(14-6-1)21-31(22-29(23-31)32-24-26-15-7-2-8-16-26)30(27-17-9-3-10-18-27)28-19-11-4-12-20-28/h1-20,29-30H,21-24H2/q+1. The van der Waals surface area contributed by atoms with E-state index >= 15 is 0 Å². The Morgan fingerprint density at radius 2 is 1.03 bits per heavy atom. The molecule has 0 atom stereocenters. The predicted octanol–water partition coefficient (Wildman–Crippen LogP) is 6.39. The van der Waals surface area contributed by atoms with Gasteiger partial charge in [-0.05, 0) is 5.56 Å². The van der Waals surface area contributed by atoms with Gasteiger partial charge in [0.05, 0.1) is 6.61 Å². The summed E-state index contributed by atoms with van der Waals surface area (Å²) in [4.78, 5) is 0. The number of nitrogens with zero attached hydrogens (tertiary/aromatic N) is 1. The Morgan fingerprint density at radius 3 is 1.53 bits per heavy atom. The molecule has 0 saturated carbocycles. The van der Waals surface area contributed by atoms with Crippen molar-refractivity contribution in [3.8, 4) is 0 Å². The van der Waals surface area contributed by atoms with Crippen LogP contribution in [0.5, 0.6) is 0 Å². The monoisotopic (exact) mass is 420 g/mol. The number of quaternary nitrogens is 1. The highest BCUT2D eigenvalue weighted by Crippen LogP contribution is 2.42. The van der Waals surface area contributed by atoms with Gasteiger partial charge in [0.15, 0.2) is 6.10 Å². The van der Waals surface area contributed by atoms with Crippen molar-refractivity contribution in [2.75, 3.05) is 13.1 Å². The SMILES string of the molecule is c1ccc(COC2C[N+](Cc3ccccc3)(C(c3ccccc3)c3ccccc3)C2)cc1. The molecule has 4 aromatic rings. The zero-order valence-corrected chi connectivity index (χ0v) is 18.4. The van der Waals surface area contributed by atoms with E-state index in [1.165, 1.54) is 22.3 Å². The minimum atomic E-state index is 0.272. The average molecular weight is 421 g/mol. The van der Waals surface area contributed by atoms with Crippen LogP contribution in [0.15, 0.2) is 121 Å². The lowest BCUT2D eigenvalue weighted by atomic mass is 9.88. The first-order chi connectivity index (χ1) is 15.8. The Bertz CT molecular complexity index is 1050. The van der Waals surface area contributed by atoms with Gasteiger partial charge in [-0.25, -0.2) is 0 Å². The molecule has 0 amide bonds. The molecule has 1 heterocycles. The Balaban J connectivity index is 1.45. The van der Waals surface area contributed by atoms with Crippen LogP contribution in [0.25, 0.3) is 0 Å². The largest absolute Gasteiger partial charge is 0.362 e. The van der Waals surface area contributed by atoms with E-state index in [0.717, 1.165) is 24.1 Å². The summed E-state index contributed by atoms with van der Waals surface area (Å²) in [7, 11) is 0. The molecule has 0 spiro atoms. The minimum Gasteiger partial charge on any atom is -0.362 e. The number of hydrogen-bond donors (Lipinski definition) is 0. The Hall–Kier alpha value is -3.20. The molecule has 1 aliphatic rings. The van der Waals surface area contributed by atoms with Crippen molar-refractivity contribution >= 4 is 0 Å². The Morgan fingerprint density at radius 1 is 0.594 bits per heavy atom. The quantitative estimate of drug-likeness (QED) is 0.300. The van der Waals surface area contributed by atoms with Crippen LogP contribution in [0.2, 0.25) is 0 Å². The zero-order valence-electron chi connectivity index (χ0n) is 18.4. The van der Waals surface area contributed by atoms with Crippen LogP contribution in [0, 0.1) is 0 Å². The van der Waals surface area contributed by atoms with Gasteiger partial charge in [-0.2, -0.15) is 0 Å². The lowest BCUT2D eigenvalue weighted by Crippen LogP contribution is -2.67. The zero-order chi connectivity index (χ0) is 21.6. The summed E-state index contributed by atoms with van der Waals surface area (Å²) in [5.74, 6) is 0. The maximum absolute atomic E-state index is 6.36. The van der Waals surface area contributed by atoms with Crippen LogP contribution in [-0.4, -0.2) is 23.7 Å². The number of benzene rings is 4. The molecular weight excluding hydrogens is 390 g/mol. The van der Waals surface area contributed by atoms with Crippen molar-refractivity contribution in [3.63, 3.8) is 0 Å². The molecule has 0 bridgehead atoms. The molecule has 1 saturated heterocycles. The Kier molecular flexibility index (Phi) is 6.15. The first-order valence-electron chi connectivity index (χ1n) is 11.5. The predicted molar refractivity (Wildman–Crippen MR) is 130 cm³/mol. The normalized spacial score (nSPS) is 20.1. The van der Waals surface area contributed by atoms with E-state index in [9.17, 15) is 0 Å². The highest BCUT2D eigenvalue weighted by Gasteiger charge is 2.51. The maximum atomic E-state index is 6.36.